The summed E-state index contributed by atoms with van der Waals surface area (Å²) in [6.07, 6.45) is 0. The third-order valence-electron chi connectivity index (χ3n) is 2.35. The van der Waals surface area contributed by atoms with Gasteiger partial charge >= 0.3 is 0 Å². The molecule has 19 heavy (non-hydrogen) atoms. The van der Waals surface area contributed by atoms with Crippen molar-refractivity contribution in [1.82, 2.24) is 0 Å². The minimum absolute atomic E-state index is 0.0377. The molecular weight excluding hydrogens is 447 g/mol. The van der Waals surface area contributed by atoms with Gasteiger partial charge in [-0.1, -0.05) is 27.5 Å². The number of hydrogen-bond acceptors (Lipinski definition) is 1. The zero-order valence-corrected chi connectivity index (χ0v) is 13.9. The van der Waals surface area contributed by atoms with Gasteiger partial charge in [0.2, 0.25) is 0 Å². The summed E-state index contributed by atoms with van der Waals surface area (Å²) in [5.74, 6) is -1.12. The highest BCUT2D eigenvalue weighted by molar-refractivity contribution is 14.1. The molecule has 0 saturated carbocycles. The van der Waals surface area contributed by atoms with Crippen molar-refractivity contribution < 1.29 is 9.18 Å². The molecule has 0 aromatic heterocycles. The van der Waals surface area contributed by atoms with Crippen LogP contribution in [0.2, 0.25) is 5.02 Å². The average Bonchev–Trinajstić information content (AvgIpc) is 2.36. The minimum Gasteiger partial charge on any atom is -0.321 e. The van der Waals surface area contributed by atoms with E-state index in [2.05, 4.69) is 43.8 Å². The van der Waals surface area contributed by atoms with Gasteiger partial charge in [0.05, 0.1) is 16.3 Å². The summed E-state index contributed by atoms with van der Waals surface area (Å²) >= 11 is 11.3. The zero-order valence-electron chi connectivity index (χ0n) is 9.38. The van der Waals surface area contributed by atoms with Gasteiger partial charge in [0.15, 0.2) is 0 Å². The summed E-state index contributed by atoms with van der Waals surface area (Å²) in [5.41, 5.74) is 0.419. The van der Waals surface area contributed by atoms with Gasteiger partial charge in [-0.05, 0) is 59.0 Å². The molecular formula is C13H7BrClFINO. The molecule has 2 rings (SSSR count). The minimum atomic E-state index is -0.581. The van der Waals surface area contributed by atoms with Crippen LogP contribution in [-0.4, -0.2) is 5.91 Å². The summed E-state index contributed by atoms with van der Waals surface area (Å²) in [7, 11) is 0. The fourth-order valence-corrected chi connectivity index (χ4v) is 2.47. The van der Waals surface area contributed by atoms with Crippen LogP contribution in [0.25, 0.3) is 0 Å². The second-order valence-electron chi connectivity index (χ2n) is 3.70. The summed E-state index contributed by atoms with van der Waals surface area (Å²) in [6.45, 7) is 0. The maximum Gasteiger partial charge on any atom is 0.258 e. The van der Waals surface area contributed by atoms with Gasteiger partial charge in [-0.15, -0.1) is 0 Å². The summed E-state index contributed by atoms with van der Waals surface area (Å²) in [6, 6.07) is 9.40. The van der Waals surface area contributed by atoms with Crippen molar-refractivity contribution in [3.8, 4) is 0 Å². The Morgan fingerprint density at radius 1 is 1.26 bits per heavy atom. The third-order valence-corrected chi connectivity index (χ3v) is 3.84. The lowest BCUT2D eigenvalue weighted by Crippen LogP contribution is -2.14. The molecule has 0 bridgehead atoms. The first-order valence-electron chi connectivity index (χ1n) is 5.19. The Balaban J connectivity index is 2.30. The fraction of sp³-hybridized carbons (Fsp3) is 0. The molecule has 0 aliphatic carbocycles. The first-order valence-corrected chi connectivity index (χ1v) is 7.44. The van der Waals surface area contributed by atoms with Crippen LogP contribution in [0.5, 0.6) is 0 Å². The van der Waals surface area contributed by atoms with Gasteiger partial charge in [0.25, 0.3) is 5.91 Å². The third kappa shape index (κ3) is 3.67. The summed E-state index contributed by atoms with van der Waals surface area (Å²) < 4.78 is 15.1. The number of halogens is 4. The molecule has 2 aromatic rings. The lowest BCUT2D eigenvalue weighted by molar-refractivity contribution is 0.102. The van der Waals surface area contributed by atoms with Crippen molar-refractivity contribution >= 4 is 61.7 Å². The maximum atomic E-state index is 13.6. The molecule has 2 nitrogen and oxygen atoms in total. The van der Waals surface area contributed by atoms with E-state index >= 15 is 0 Å². The Morgan fingerprint density at radius 2 is 2.00 bits per heavy atom. The van der Waals surface area contributed by atoms with Crippen LogP contribution in [0.4, 0.5) is 10.1 Å². The van der Waals surface area contributed by atoms with Crippen molar-refractivity contribution in [1.29, 1.82) is 0 Å². The monoisotopic (exact) mass is 453 g/mol. The molecule has 0 aliphatic rings. The normalized spacial score (nSPS) is 10.3. The van der Waals surface area contributed by atoms with E-state index in [9.17, 15) is 9.18 Å². The van der Waals surface area contributed by atoms with Crippen molar-refractivity contribution in [3.63, 3.8) is 0 Å². The highest BCUT2D eigenvalue weighted by Crippen LogP contribution is 2.25. The van der Waals surface area contributed by atoms with Crippen LogP contribution in [0.3, 0.4) is 0 Å². The SMILES string of the molecule is O=C(Nc1cc(I)ccc1Cl)c1cc(Br)ccc1F. The number of rotatable bonds is 2. The number of carbonyl (C=O) groups excluding carboxylic acids is 1. The molecule has 0 unspecified atom stereocenters. The fourth-order valence-electron chi connectivity index (χ4n) is 1.45. The second-order valence-corrected chi connectivity index (χ2v) is 6.27. The van der Waals surface area contributed by atoms with Crippen LogP contribution in [0.15, 0.2) is 40.9 Å². The molecule has 0 saturated heterocycles. The number of nitrogens with one attached hydrogen (secondary N) is 1. The van der Waals surface area contributed by atoms with Crippen LogP contribution >= 0.6 is 50.1 Å². The van der Waals surface area contributed by atoms with E-state index in [4.69, 9.17) is 11.6 Å². The highest BCUT2D eigenvalue weighted by Gasteiger charge is 2.13. The van der Waals surface area contributed by atoms with E-state index in [1.165, 1.54) is 18.2 Å². The number of benzene rings is 2. The van der Waals surface area contributed by atoms with Crippen molar-refractivity contribution in [2.24, 2.45) is 0 Å². The van der Waals surface area contributed by atoms with Crippen LogP contribution in [0, 0.1) is 9.39 Å². The number of carbonyl (C=O) groups is 1. The number of amides is 1. The molecule has 0 spiro atoms. The predicted molar refractivity (Wildman–Crippen MR) is 86.2 cm³/mol. The first-order chi connectivity index (χ1) is 8.97. The van der Waals surface area contributed by atoms with Gasteiger partial charge in [-0.25, -0.2) is 4.39 Å². The van der Waals surface area contributed by atoms with E-state index < -0.39 is 11.7 Å². The quantitative estimate of drug-likeness (QED) is 0.629. The summed E-state index contributed by atoms with van der Waals surface area (Å²) in [4.78, 5) is 12.0. The Hall–Kier alpha value is -0.660. The molecule has 6 heteroatoms. The topological polar surface area (TPSA) is 29.1 Å². The lowest BCUT2D eigenvalue weighted by Gasteiger charge is -2.08. The van der Waals surface area contributed by atoms with Crippen LogP contribution in [0.1, 0.15) is 10.4 Å². The predicted octanol–water partition coefficient (Wildman–Crippen LogP) is 5.10. The van der Waals surface area contributed by atoms with E-state index in [0.29, 0.717) is 15.2 Å². The van der Waals surface area contributed by atoms with E-state index in [1.807, 2.05) is 6.07 Å². The van der Waals surface area contributed by atoms with Gasteiger partial charge in [0, 0.05) is 8.04 Å². The van der Waals surface area contributed by atoms with Crippen LogP contribution < -0.4 is 5.32 Å². The number of hydrogen-bond donors (Lipinski definition) is 1. The van der Waals surface area contributed by atoms with Crippen molar-refractivity contribution in [3.05, 3.63) is 60.8 Å². The molecule has 0 heterocycles. The van der Waals surface area contributed by atoms with Gasteiger partial charge in [0.1, 0.15) is 5.82 Å². The Kier molecular flexibility index (Phi) is 4.81. The maximum absolute atomic E-state index is 13.6. The molecule has 1 amide bonds. The molecule has 0 radical (unpaired) electrons. The van der Waals surface area contributed by atoms with E-state index in [0.717, 1.165) is 3.57 Å². The lowest BCUT2D eigenvalue weighted by atomic mass is 10.2. The molecule has 2 aromatic carbocycles. The Labute approximate surface area is 136 Å². The number of anilines is 1. The smallest absolute Gasteiger partial charge is 0.258 e. The standard InChI is InChI=1S/C13H7BrClFINO/c14-7-1-4-11(16)9(5-7)13(19)18-12-6-8(17)2-3-10(12)15/h1-6H,(H,18,19). The van der Waals surface area contributed by atoms with Crippen molar-refractivity contribution in [2.45, 2.75) is 0 Å². The molecule has 0 atom stereocenters. The van der Waals surface area contributed by atoms with Crippen molar-refractivity contribution in [2.75, 3.05) is 5.32 Å². The molecule has 1 N–H and O–H groups in total. The Bertz CT molecular complexity index is 651. The Morgan fingerprint density at radius 3 is 2.74 bits per heavy atom. The van der Waals surface area contributed by atoms with Gasteiger partial charge < -0.3 is 5.32 Å². The van der Waals surface area contributed by atoms with E-state index in [1.54, 1.807) is 12.1 Å². The first kappa shape index (κ1) is 14.7. The van der Waals surface area contributed by atoms with E-state index in [-0.39, 0.29) is 5.56 Å². The van der Waals surface area contributed by atoms with Gasteiger partial charge in [-0.3, -0.25) is 4.79 Å². The average molecular weight is 454 g/mol. The largest absolute Gasteiger partial charge is 0.321 e. The highest BCUT2D eigenvalue weighted by atomic mass is 127. The van der Waals surface area contributed by atoms with Crippen LogP contribution in [-0.2, 0) is 0 Å². The molecule has 0 aliphatic heterocycles. The second kappa shape index (κ2) is 6.19. The summed E-state index contributed by atoms with van der Waals surface area (Å²) in [5, 5.41) is 3.01. The zero-order chi connectivity index (χ0) is 14.0. The van der Waals surface area contributed by atoms with Gasteiger partial charge in [-0.2, -0.15) is 0 Å². The molecule has 98 valence electrons. The molecule has 0 fully saturated rings.